The van der Waals surface area contributed by atoms with E-state index in [1.165, 1.54) is 12.7 Å². The molecule has 0 unspecified atom stereocenters. The number of esters is 1. The average Bonchev–Trinajstić information content (AvgIpc) is 3.65. The van der Waals surface area contributed by atoms with Gasteiger partial charge in [-0.3, -0.25) is 10.1 Å². The lowest BCUT2D eigenvalue weighted by Gasteiger charge is -2.20. The van der Waals surface area contributed by atoms with E-state index in [-0.39, 0.29) is 5.97 Å². The molecule has 1 fully saturated rings. The first kappa shape index (κ1) is 24.6. The Morgan fingerprint density at radius 1 is 1.23 bits per heavy atom. The number of aromatic nitrogens is 2. The number of hydrogen-bond acceptors (Lipinski definition) is 7. The Bertz CT molecular complexity index is 1300. The molecule has 9 heteroatoms. The summed E-state index contributed by atoms with van der Waals surface area (Å²) in [6.07, 6.45) is 3.29. The number of nitrogens with zero attached hydrogens (tertiary/aromatic N) is 3. The fourth-order valence-electron chi connectivity index (χ4n) is 3.74. The fraction of sp³-hybridized carbons (Fsp3) is 0.308. The van der Waals surface area contributed by atoms with Crippen molar-refractivity contribution in [2.24, 2.45) is 4.99 Å². The third-order valence-electron chi connectivity index (χ3n) is 6.04. The van der Waals surface area contributed by atoms with Gasteiger partial charge in [-0.05, 0) is 68.7 Å². The summed E-state index contributed by atoms with van der Waals surface area (Å²) in [4.78, 5) is 26.2. The number of methoxy groups -OCH3 is 1. The first-order valence-electron chi connectivity index (χ1n) is 11.4. The maximum Gasteiger partial charge on any atom is 0.326 e. The van der Waals surface area contributed by atoms with Crippen molar-refractivity contribution in [1.82, 2.24) is 15.3 Å². The molecule has 8 nitrogen and oxygen atoms in total. The van der Waals surface area contributed by atoms with Crippen LogP contribution in [0.3, 0.4) is 0 Å². The summed E-state index contributed by atoms with van der Waals surface area (Å²) in [7, 11) is 3.41. The lowest BCUT2D eigenvalue weighted by atomic mass is 10.2. The Morgan fingerprint density at radius 2 is 1.97 bits per heavy atom. The van der Waals surface area contributed by atoms with Gasteiger partial charge in [-0.15, -0.1) is 0 Å². The van der Waals surface area contributed by atoms with Crippen LogP contribution in [0.4, 0.5) is 23.0 Å². The Labute approximate surface area is 210 Å². The van der Waals surface area contributed by atoms with Crippen LogP contribution in [0.5, 0.6) is 0 Å². The zero-order valence-electron chi connectivity index (χ0n) is 20.4. The predicted octanol–water partition coefficient (Wildman–Crippen LogP) is 5.17. The van der Waals surface area contributed by atoms with Gasteiger partial charge in [0.05, 0.1) is 12.8 Å². The van der Waals surface area contributed by atoms with Crippen LogP contribution in [0.1, 0.15) is 30.9 Å². The molecular weight excluding hydrogens is 460 g/mol. The molecule has 0 spiro atoms. The summed E-state index contributed by atoms with van der Waals surface area (Å²) in [5.74, 6) is 1.91. The van der Waals surface area contributed by atoms with Crippen molar-refractivity contribution in [2.45, 2.75) is 38.8 Å². The summed E-state index contributed by atoms with van der Waals surface area (Å²) < 4.78 is 5.48. The van der Waals surface area contributed by atoms with Gasteiger partial charge < -0.3 is 19.9 Å². The van der Waals surface area contributed by atoms with E-state index in [4.69, 9.17) is 17.0 Å². The number of amidine groups is 1. The van der Waals surface area contributed by atoms with E-state index in [9.17, 15) is 4.79 Å². The van der Waals surface area contributed by atoms with Gasteiger partial charge in [-0.25, -0.2) is 9.98 Å². The van der Waals surface area contributed by atoms with Crippen molar-refractivity contribution in [3.8, 4) is 0 Å². The van der Waals surface area contributed by atoms with Crippen LogP contribution in [0.25, 0.3) is 0 Å². The molecule has 0 saturated heterocycles. The number of hydrogen-bond donors (Lipinski definition) is 3. The maximum absolute atomic E-state index is 11.9. The van der Waals surface area contributed by atoms with E-state index in [1.54, 1.807) is 6.20 Å². The normalized spacial score (nSPS) is 14.3. The van der Waals surface area contributed by atoms with E-state index in [1.807, 2.05) is 38.2 Å². The van der Waals surface area contributed by atoms with Crippen LogP contribution >= 0.6 is 12.2 Å². The molecule has 4 rings (SSSR count). The molecule has 35 heavy (non-hydrogen) atoms. The third-order valence-corrected chi connectivity index (χ3v) is 6.36. The second-order valence-electron chi connectivity index (χ2n) is 8.75. The molecule has 0 atom stereocenters. The topological polar surface area (TPSA) is 94.6 Å². The molecule has 3 aromatic rings. The quantitative estimate of drug-likeness (QED) is 0.173. The lowest BCUT2D eigenvalue weighted by Crippen LogP contribution is -2.39. The number of aromatic amines is 1. The van der Waals surface area contributed by atoms with Crippen molar-refractivity contribution in [3.05, 3.63) is 70.5 Å². The molecule has 3 N–H and O–H groups in total. The number of anilines is 3. The number of benzene rings is 1. The number of aryl methyl sites for hydroxylation is 1. The van der Waals surface area contributed by atoms with Crippen molar-refractivity contribution in [2.75, 3.05) is 24.4 Å². The van der Waals surface area contributed by atoms with E-state index in [2.05, 4.69) is 61.7 Å². The van der Waals surface area contributed by atoms with Crippen LogP contribution in [0.15, 0.2) is 59.7 Å². The Morgan fingerprint density at radius 3 is 2.63 bits per heavy atom. The fourth-order valence-corrected chi connectivity index (χ4v) is 3.96. The smallest absolute Gasteiger partial charge is 0.326 e. The number of H-pyrrole nitrogens is 1. The first-order chi connectivity index (χ1) is 16.8. The third kappa shape index (κ3) is 5.93. The second-order valence-corrected chi connectivity index (χ2v) is 9.16. The number of ether oxygens (including phenoxy) is 1. The van der Waals surface area contributed by atoms with Gasteiger partial charge in [-0.2, -0.15) is 0 Å². The summed E-state index contributed by atoms with van der Waals surface area (Å²) in [5, 5.41) is 6.57. The highest BCUT2D eigenvalue weighted by Crippen LogP contribution is 2.36. The Kier molecular flexibility index (Phi) is 7.28. The van der Waals surface area contributed by atoms with Gasteiger partial charge in [0.2, 0.25) is 0 Å². The van der Waals surface area contributed by atoms with Crippen molar-refractivity contribution in [1.29, 1.82) is 0 Å². The molecule has 0 bridgehead atoms. The number of rotatable bonds is 8. The molecule has 0 amide bonds. The van der Waals surface area contributed by atoms with Gasteiger partial charge in [0.25, 0.3) is 0 Å². The molecule has 0 radical (unpaired) electrons. The van der Waals surface area contributed by atoms with Crippen molar-refractivity contribution < 1.29 is 9.53 Å². The van der Waals surface area contributed by atoms with Gasteiger partial charge in [-0.1, -0.05) is 29.9 Å². The van der Waals surface area contributed by atoms with Crippen LogP contribution in [-0.2, 0) is 16.1 Å². The predicted molar refractivity (Wildman–Crippen MR) is 142 cm³/mol. The highest BCUT2D eigenvalue weighted by Gasteiger charge is 2.50. The number of carbonyl (C=O) groups is 1. The molecule has 1 aliphatic rings. The first-order valence-corrected chi connectivity index (χ1v) is 11.8. The largest absolute Gasteiger partial charge is 0.468 e. The summed E-state index contributed by atoms with van der Waals surface area (Å²) >= 11 is 5.58. The summed E-state index contributed by atoms with van der Waals surface area (Å²) in [6.45, 7) is 4.47. The number of pyridine rings is 2. The SMILES string of the molecule is COC(=O)C1(NCc2ccnc(N=C(C)Nc3ccc(N(C)c4ccc(C)cc4)[nH]c3=S)c2)CC1. The molecule has 2 aromatic heterocycles. The lowest BCUT2D eigenvalue weighted by molar-refractivity contribution is -0.144. The van der Waals surface area contributed by atoms with E-state index in [0.717, 1.165) is 35.6 Å². The van der Waals surface area contributed by atoms with Gasteiger partial charge in [0.1, 0.15) is 21.8 Å². The van der Waals surface area contributed by atoms with Crippen LogP contribution < -0.4 is 15.5 Å². The second kappa shape index (κ2) is 10.4. The average molecular weight is 491 g/mol. The van der Waals surface area contributed by atoms with E-state index < -0.39 is 5.54 Å². The minimum atomic E-state index is -0.547. The van der Waals surface area contributed by atoms with Crippen LogP contribution in [0, 0.1) is 11.6 Å². The maximum atomic E-state index is 11.9. The molecule has 182 valence electrons. The van der Waals surface area contributed by atoms with Crippen molar-refractivity contribution >= 4 is 47.0 Å². The summed E-state index contributed by atoms with van der Waals surface area (Å²) in [5.41, 5.74) is 3.49. The summed E-state index contributed by atoms with van der Waals surface area (Å²) in [6, 6.07) is 16.0. The zero-order valence-corrected chi connectivity index (χ0v) is 21.2. The minimum Gasteiger partial charge on any atom is -0.468 e. The van der Waals surface area contributed by atoms with E-state index >= 15 is 0 Å². The van der Waals surface area contributed by atoms with Crippen LogP contribution in [-0.4, -0.2) is 41.5 Å². The number of carbonyl (C=O) groups excluding carboxylic acids is 1. The molecule has 0 aliphatic heterocycles. The molecule has 2 heterocycles. The highest BCUT2D eigenvalue weighted by atomic mass is 32.1. The van der Waals surface area contributed by atoms with Crippen LogP contribution in [0.2, 0.25) is 0 Å². The zero-order chi connectivity index (χ0) is 25.0. The highest BCUT2D eigenvalue weighted by molar-refractivity contribution is 7.71. The van der Waals surface area contributed by atoms with E-state index in [0.29, 0.717) is 22.8 Å². The number of aliphatic imine (C=N–C) groups is 1. The minimum absolute atomic E-state index is 0.211. The van der Waals surface area contributed by atoms with Gasteiger partial charge >= 0.3 is 5.97 Å². The van der Waals surface area contributed by atoms with Crippen molar-refractivity contribution in [3.63, 3.8) is 0 Å². The number of nitrogens with one attached hydrogen (secondary N) is 3. The molecule has 1 aromatic carbocycles. The Hall–Kier alpha value is -3.56. The monoisotopic (exact) mass is 490 g/mol. The van der Waals surface area contributed by atoms with Gasteiger partial charge in [0, 0.05) is 25.5 Å². The Balaban J connectivity index is 1.41. The molecule has 1 aliphatic carbocycles. The molecular formula is C26H30N6O2S. The standard InChI is InChI=1S/C26H30N6O2S/c1-17-5-7-20(8-6-17)32(3)23-10-9-21(24(35)31-23)29-18(2)30-22-15-19(11-14-27-22)16-28-26(12-13-26)25(33)34-4/h5-11,14-15,28H,12-13,16H2,1-4H3,(H,31,35)(H,27,29,30). The van der Waals surface area contributed by atoms with Gasteiger partial charge in [0.15, 0.2) is 5.82 Å². The molecule has 1 saturated carbocycles.